The molecule has 1 aromatic heterocycles. The smallest absolute Gasteiger partial charge is 0.0540 e. The highest BCUT2D eigenvalue weighted by atomic mass is 16.3. The van der Waals surface area contributed by atoms with E-state index in [-0.39, 0.29) is 6.10 Å². The van der Waals surface area contributed by atoms with Gasteiger partial charge in [-0.1, -0.05) is 18.2 Å². The van der Waals surface area contributed by atoms with Crippen LogP contribution in [0.1, 0.15) is 37.2 Å². The average molecular weight is 215 g/mol. The van der Waals surface area contributed by atoms with E-state index in [0.717, 1.165) is 25.7 Å². The third-order valence-electron chi connectivity index (χ3n) is 3.76. The van der Waals surface area contributed by atoms with Crippen LogP contribution in [0.2, 0.25) is 0 Å². The first-order valence-electron chi connectivity index (χ1n) is 6.08. The largest absolute Gasteiger partial charge is 0.393 e. The number of fused-ring (bicyclic) bond motifs is 1. The molecule has 0 spiro atoms. The van der Waals surface area contributed by atoms with Gasteiger partial charge in [-0.3, -0.25) is 0 Å². The van der Waals surface area contributed by atoms with Crippen molar-refractivity contribution in [3.8, 4) is 0 Å². The van der Waals surface area contributed by atoms with Crippen LogP contribution in [0.5, 0.6) is 0 Å². The van der Waals surface area contributed by atoms with Crippen molar-refractivity contribution in [2.24, 2.45) is 0 Å². The number of hydrogen-bond acceptors (Lipinski definition) is 1. The van der Waals surface area contributed by atoms with E-state index in [1.165, 1.54) is 16.5 Å². The molecule has 2 N–H and O–H groups in total. The molecule has 1 fully saturated rings. The molecule has 1 saturated carbocycles. The van der Waals surface area contributed by atoms with Crippen LogP contribution in [0, 0.1) is 0 Å². The van der Waals surface area contributed by atoms with E-state index in [2.05, 4.69) is 35.4 Å². The molecule has 0 bridgehead atoms. The van der Waals surface area contributed by atoms with Crippen LogP contribution < -0.4 is 0 Å². The van der Waals surface area contributed by atoms with Gasteiger partial charge in [0.1, 0.15) is 0 Å². The maximum atomic E-state index is 9.53. The van der Waals surface area contributed by atoms with Gasteiger partial charge in [0.2, 0.25) is 0 Å². The number of aromatic amines is 1. The fraction of sp³-hybridized carbons (Fsp3) is 0.429. The Hall–Kier alpha value is -1.28. The van der Waals surface area contributed by atoms with Crippen molar-refractivity contribution in [2.75, 3.05) is 0 Å². The zero-order valence-corrected chi connectivity index (χ0v) is 9.32. The summed E-state index contributed by atoms with van der Waals surface area (Å²) in [5.74, 6) is 0.625. The molecule has 2 nitrogen and oxygen atoms in total. The van der Waals surface area contributed by atoms with E-state index < -0.39 is 0 Å². The van der Waals surface area contributed by atoms with Crippen LogP contribution in [0.4, 0.5) is 0 Å². The average Bonchev–Trinajstić information content (AvgIpc) is 2.74. The molecule has 3 rings (SSSR count). The second-order valence-electron chi connectivity index (χ2n) is 4.80. The summed E-state index contributed by atoms with van der Waals surface area (Å²) in [6.07, 6.45) is 6.20. The fourth-order valence-corrected chi connectivity index (χ4v) is 2.82. The van der Waals surface area contributed by atoms with Crippen molar-refractivity contribution in [2.45, 2.75) is 37.7 Å². The zero-order chi connectivity index (χ0) is 11.0. The van der Waals surface area contributed by atoms with E-state index in [0.29, 0.717) is 5.92 Å². The van der Waals surface area contributed by atoms with Gasteiger partial charge in [0.05, 0.1) is 6.10 Å². The maximum Gasteiger partial charge on any atom is 0.0540 e. The Labute approximate surface area is 95.3 Å². The lowest BCUT2D eigenvalue weighted by Gasteiger charge is -2.25. The number of aliphatic hydroxyl groups excluding tert-OH is 1. The normalized spacial score (nSPS) is 26.1. The predicted molar refractivity (Wildman–Crippen MR) is 65.5 cm³/mol. The number of benzene rings is 1. The summed E-state index contributed by atoms with van der Waals surface area (Å²) < 4.78 is 0. The molecule has 2 aromatic rings. The minimum absolute atomic E-state index is 0.0681. The first kappa shape index (κ1) is 9.91. The monoisotopic (exact) mass is 215 g/mol. The van der Waals surface area contributed by atoms with E-state index >= 15 is 0 Å². The van der Waals surface area contributed by atoms with Crippen LogP contribution in [0.25, 0.3) is 10.9 Å². The molecule has 0 amide bonds. The summed E-state index contributed by atoms with van der Waals surface area (Å²) in [6, 6.07) is 8.47. The van der Waals surface area contributed by atoms with Crippen molar-refractivity contribution in [1.82, 2.24) is 4.98 Å². The molecule has 1 aliphatic rings. The Morgan fingerprint density at radius 1 is 1.06 bits per heavy atom. The van der Waals surface area contributed by atoms with Crippen LogP contribution in [0.3, 0.4) is 0 Å². The third kappa shape index (κ3) is 1.63. The molecule has 0 unspecified atom stereocenters. The number of aromatic nitrogens is 1. The van der Waals surface area contributed by atoms with Gasteiger partial charge in [-0.15, -0.1) is 0 Å². The van der Waals surface area contributed by atoms with Gasteiger partial charge in [-0.25, -0.2) is 0 Å². The molecule has 16 heavy (non-hydrogen) atoms. The van der Waals surface area contributed by atoms with Crippen LogP contribution in [0.15, 0.2) is 30.5 Å². The molecule has 84 valence electrons. The number of hydrogen-bond donors (Lipinski definition) is 2. The molecule has 0 saturated heterocycles. The topological polar surface area (TPSA) is 36.0 Å². The number of nitrogens with one attached hydrogen (secondary N) is 1. The second kappa shape index (κ2) is 3.95. The van der Waals surface area contributed by atoms with E-state index in [1.54, 1.807) is 0 Å². The van der Waals surface area contributed by atoms with Gasteiger partial charge in [-0.2, -0.15) is 0 Å². The Kier molecular flexibility index (Phi) is 2.44. The van der Waals surface area contributed by atoms with Crippen molar-refractivity contribution < 1.29 is 5.11 Å². The standard InChI is InChI=1S/C14H17NO/c16-11-7-5-10(6-8-11)13-9-15-14-4-2-1-3-12(13)14/h1-4,9-11,15-16H,5-8H2. The van der Waals surface area contributed by atoms with Crippen molar-refractivity contribution in [3.63, 3.8) is 0 Å². The Bertz CT molecular complexity index is 480. The summed E-state index contributed by atoms with van der Waals surface area (Å²) in [5, 5.41) is 10.9. The lowest BCUT2D eigenvalue weighted by Crippen LogP contribution is -2.16. The first-order valence-corrected chi connectivity index (χ1v) is 6.08. The summed E-state index contributed by atoms with van der Waals surface area (Å²) >= 11 is 0. The molecule has 0 radical (unpaired) electrons. The van der Waals surface area contributed by atoms with Gasteiger partial charge in [-0.05, 0) is 43.2 Å². The highest BCUT2D eigenvalue weighted by Crippen LogP contribution is 2.36. The van der Waals surface area contributed by atoms with Gasteiger partial charge in [0.15, 0.2) is 0 Å². The molecule has 1 heterocycles. The molecular weight excluding hydrogens is 198 g/mol. The molecule has 1 aliphatic carbocycles. The van der Waals surface area contributed by atoms with Crippen LogP contribution >= 0.6 is 0 Å². The Balaban J connectivity index is 1.94. The highest BCUT2D eigenvalue weighted by molar-refractivity contribution is 5.83. The van der Waals surface area contributed by atoms with E-state index in [4.69, 9.17) is 0 Å². The SMILES string of the molecule is OC1CCC(c2c[nH]c3ccccc23)CC1. The lowest BCUT2D eigenvalue weighted by molar-refractivity contribution is 0.123. The number of para-hydroxylation sites is 1. The predicted octanol–water partition coefficient (Wildman–Crippen LogP) is 3.19. The van der Waals surface area contributed by atoms with E-state index in [1.807, 2.05) is 0 Å². The molecule has 2 heteroatoms. The molecule has 0 aliphatic heterocycles. The first-order chi connectivity index (χ1) is 7.84. The number of H-pyrrole nitrogens is 1. The molecular formula is C14H17NO. The summed E-state index contributed by atoms with van der Waals surface area (Å²) in [5.41, 5.74) is 2.66. The van der Waals surface area contributed by atoms with Crippen LogP contribution in [-0.2, 0) is 0 Å². The Morgan fingerprint density at radius 3 is 2.62 bits per heavy atom. The van der Waals surface area contributed by atoms with Crippen LogP contribution in [-0.4, -0.2) is 16.2 Å². The van der Waals surface area contributed by atoms with Gasteiger partial charge in [0, 0.05) is 17.1 Å². The zero-order valence-electron chi connectivity index (χ0n) is 9.32. The van der Waals surface area contributed by atoms with E-state index in [9.17, 15) is 5.11 Å². The third-order valence-corrected chi connectivity index (χ3v) is 3.76. The quantitative estimate of drug-likeness (QED) is 0.753. The molecule has 1 aromatic carbocycles. The second-order valence-corrected chi connectivity index (χ2v) is 4.80. The Morgan fingerprint density at radius 2 is 1.81 bits per heavy atom. The van der Waals surface area contributed by atoms with Gasteiger partial charge >= 0.3 is 0 Å². The minimum atomic E-state index is -0.0681. The van der Waals surface area contributed by atoms with Crippen molar-refractivity contribution in [1.29, 1.82) is 0 Å². The minimum Gasteiger partial charge on any atom is -0.393 e. The summed E-state index contributed by atoms with van der Waals surface area (Å²) in [6.45, 7) is 0. The number of rotatable bonds is 1. The molecule has 0 atom stereocenters. The van der Waals surface area contributed by atoms with Crippen molar-refractivity contribution >= 4 is 10.9 Å². The summed E-state index contributed by atoms with van der Waals surface area (Å²) in [4.78, 5) is 3.33. The van der Waals surface area contributed by atoms with Crippen molar-refractivity contribution in [3.05, 3.63) is 36.0 Å². The highest BCUT2D eigenvalue weighted by Gasteiger charge is 2.22. The maximum absolute atomic E-state index is 9.53. The fourth-order valence-electron chi connectivity index (χ4n) is 2.82. The summed E-state index contributed by atoms with van der Waals surface area (Å²) in [7, 11) is 0. The number of aliphatic hydroxyl groups is 1. The lowest BCUT2D eigenvalue weighted by atomic mass is 9.83. The van der Waals surface area contributed by atoms with Gasteiger partial charge in [0.25, 0.3) is 0 Å². The van der Waals surface area contributed by atoms with Gasteiger partial charge < -0.3 is 10.1 Å².